The Morgan fingerprint density at radius 3 is 2.67 bits per heavy atom. The maximum Gasteiger partial charge on any atom is 2.00 e. The summed E-state index contributed by atoms with van der Waals surface area (Å²) in [5.74, 6) is 0. The third-order valence-corrected chi connectivity index (χ3v) is 1.56. The molecule has 54 valence electrons. The van der Waals surface area contributed by atoms with Gasteiger partial charge in [-0.2, -0.15) is 6.42 Å². The Hall–Kier alpha value is 0.428. The zero-order valence-corrected chi connectivity index (χ0v) is 7.91. The largest absolute Gasteiger partial charge is 2.00 e. The summed E-state index contributed by atoms with van der Waals surface area (Å²) in [6, 6.07) is 0. The van der Waals surface area contributed by atoms with Crippen LogP contribution in [0.4, 0.5) is 0 Å². The summed E-state index contributed by atoms with van der Waals surface area (Å²) in [6.45, 7) is 0. The molecule has 0 heterocycles. The van der Waals surface area contributed by atoms with Crippen LogP contribution in [0.25, 0.3) is 0 Å². The molecule has 0 spiro atoms. The van der Waals surface area contributed by atoms with Crippen LogP contribution in [-0.2, 0) is 21.1 Å². The van der Waals surface area contributed by atoms with E-state index in [0.717, 1.165) is 0 Å². The molecule has 1 aliphatic carbocycles. The Morgan fingerprint density at radius 1 is 1.00 bits per heavy atom. The average Bonchev–Trinajstić information content (AvgIpc) is 1.62. The van der Waals surface area contributed by atoms with Crippen molar-refractivity contribution in [1.82, 2.24) is 0 Å². The van der Waals surface area contributed by atoms with Crippen LogP contribution in [0, 0.1) is 6.08 Å². The van der Waals surface area contributed by atoms with Crippen molar-refractivity contribution in [3.8, 4) is 0 Å². The molecule has 0 N–H and O–H groups in total. The van der Waals surface area contributed by atoms with Gasteiger partial charge in [-0.15, -0.1) is 0 Å². The van der Waals surface area contributed by atoms with E-state index in [1.54, 1.807) is 0 Å². The van der Waals surface area contributed by atoms with E-state index in [9.17, 15) is 0 Å². The topological polar surface area (TPSA) is 0 Å². The normalized spacial score (nSPS) is 19.6. The Kier molecular flexibility index (Phi) is 6.86. The van der Waals surface area contributed by atoms with Gasteiger partial charge >= 0.3 is 21.1 Å². The predicted octanol–water partition coefficient (Wildman–Crippen LogP) is 2.70. The first-order chi connectivity index (χ1) is 4.00. The first-order valence-corrected chi connectivity index (χ1v) is 3.55. The van der Waals surface area contributed by atoms with Gasteiger partial charge in [-0.25, -0.2) is 0 Å². The zero-order valence-electron chi connectivity index (χ0n) is 5.64. The molecule has 0 fully saturated rings. The molecule has 0 atom stereocenters. The molecule has 0 aliphatic heterocycles. The van der Waals surface area contributed by atoms with Crippen LogP contribution in [0.5, 0.6) is 0 Å². The van der Waals surface area contributed by atoms with Gasteiger partial charge in [0.1, 0.15) is 0 Å². The minimum atomic E-state index is 0. The molecule has 9 heavy (non-hydrogen) atoms. The standard InChI is InChI=1S/C8H13.Pt/c1-2-4-6-8-7-5-3-1;/h1H,2,4-8H2;/q-1;+2. The quantitative estimate of drug-likeness (QED) is 0.604. The van der Waals surface area contributed by atoms with Crippen molar-refractivity contribution in [2.24, 2.45) is 0 Å². The average molecular weight is 304 g/mol. The second-order valence-corrected chi connectivity index (χ2v) is 2.36. The number of rotatable bonds is 0. The van der Waals surface area contributed by atoms with E-state index in [2.05, 4.69) is 12.2 Å². The Bertz CT molecular complexity index is 66.6. The molecule has 0 saturated heterocycles. The van der Waals surface area contributed by atoms with Gasteiger partial charge < -0.3 is 6.08 Å². The first-order valence-electron chi connectivity index (χ1n) is 3.55. The van der Waals surface area contributed by atoms with E-state index in [1.165, 1.54) is 38.5 Å². The third-order valence-electron chi connectivity index (χ3n) is 1.56. The molecule has 1 aliphatic rings. The number of allylic oxidation sites excluding steroid dienone is 2. The molecular formula is C8H13Pt+. The molecule has 0 radical (unpaired) electrons. The van der Waals surface area contributed by atoms with Gasteiger partial charge in [-0.05, 0) is 0 Å². The fourth-order valence-corrected chi connectivity index (χ4v) is 1.03. The Labute approximate surface area is 72.0 Å². The first kappa shape index (κ1) is 9.43. The van der Waals surface area contributed by atoms with E-state index in [4.69, 9.17) is 0 Å². The minimum absolute atomic E-state index is 0. The van der Waals surface area contributed by atoms with Gasteiger partial charge in [0.15, 0.2) is 0 Å². The van der Waals surface area contributed by atoms with Crippen LogP contribution < -0.4 is 0 Å². The SMILES string of the molecule is [C-]1=CCCCCCC1.[Pt+2]. The molecule has 0 bridgehead atoms. The van der Waals surface area contributed by atoms with Gasteiger partial charge in [0.25, 0.3) is 0 Å². The van der Waals surface area contributed by atoms with Crippen molar-refractivity contribution in [3.05, 3.63) is 12.2 Å². The van der Waals surface area contributed by atoms with E-state index in [-0.39, 0.29) is 21.1 Å². The minimum Gasteiger partial charge on any atom is -0.501 e. The second-order valence-electron chi connectivity index (χ2n) is 2.36. The smallest absolute Gasteiger partial charge is 0.501 e. The van der Waals surface area contributed by atoms with Crippen molar-refractivity contribution >= 4 is 0 Å². The summed E-state index contributed by atoms with van der Waals surface area (Å²) >= 11 is 0. The van der Waals surface area contributed by atoms with Crippen molar-refractivity contribution in [1.29, 1.82) is 0 Å². The molecule has 0 aromatic rings. The van der Waals surface area contributed by atoms with Crippen molar-refractivity contribution in [3.63, 3.8) is 0 Å². The van der Waals surface area contributed by atoms with Crippen molar-refractivity contribution < 1.29 is 21.1 Å². The molecule has 0 nitrogen and oxygen atoms in total. The molecule has 0 saturated carbocycles. The zero-order chi connectivity index (χ0) is 5.66. The van der Waals surface area contributed by atoms with Crippen LogP contribution >= 0.6 is 0 Å². The van der Waals surface area contributed by atoms with Crippen LogP contribution in [0.3, 0.4) is 0 Å². The van der Waals surface area contributed by atoms with Crippen LogP contribution in [0.1, 0.15) is 38.5 Å². The fourth-order valence-electron chi connectivity index (χ4n) is 1.03. The third kappa shape index (κ3) is 4.90. The van der Waals surface area contributed by atoms with Crippen LogP contribution in [0.15, 0.2) is 6.08 Å². The fraction of sp³-hybridized carbons (Fsp3) is 0.750. The Balaban J connectivity index is 0.000000640. The second kappa shape index (κ2) is 6.55. The summed E-state index contributed by atoms with van der Waals surface area (Å²) in [5, 5.41) is 0. The maximum atomic E-state index is 3.26. The van der Waals surface area contributed by atoms with E-state index in [0.29, 0.717) is 0 Å². The van der Waals surface area contributed by atoms with E-state index >= 15 is 0 Å². The molecule has 0 aromatic heterocycles. The van der Waals surface area contributed by atoms with Crippen LogP contribution in [-0.4, -0.2) is 0 Å². The van der Waals surface area contributed by atoms with Gasteiger partial charge in [0.2, 0.25) is 0 Å². The summed E-state index contributed by atoms with van der Waals surface area (Å²) in [7, 11) is 0. The maximum absolute atomic E-state index is 3.26. The van der Waals surface area contributed by atoms with E-state index < -0.39 is 0 Å². The predicted molar refractivity (Wildman–Crippen MR) is 35.5 cm³/mol. The van der Waals surface area contributed by atoms with Gasteiger partial charge in [-0.3, -0.25) is 6.08 Å². The summed E-state index contributed by atoms with van der Waals surface area (Å²) in [6.07, 6.45) is 13.5. The van der Waals surface area contributed by atoms with Crippen molar-refractivity contribution in [2.45, 2.75) is 38.5 Å². The molecular weight excluding hydrogens is 291 g/mol. The van der Waals surface area contributed by atoms with Gasteiger partial charge in [0.05, 0.1) is 0 Å². The summed E-state index contributed by atoms with van der Waals surface area (Å²) in [5.41, 5.74) is 0. The van der Waals surface area contributed by atoms with Crippen LogP contribution in [0.2, 0.25) is 0 Å². The van der Waals surface area contributed by atoms with Crippen molar-refractivity contribution in [2.75, 3.05) is 0 Å². The molecule has 1 rings (SSSR count). The molecule has 1 heteroatoms. The number of hydrogen-bond donors (Lipinski definition) is 0. The number of hydrogen-bond acceptors (Lipinski definition) is 0. The van der Waals surface area contributed by atoms with E-state index in [1.807, 2.05) is 0 Å². The molecule has 0 amide bonds. The summed E-state index contributed by atoms with van der Waals surface area (Å²) < 4.78 is 0. The van der Waals surface area contributed by atoms with Gasteiger partial charge in [-0.1, -0.05) is 32.1 Å². The van der Waals surface area contributed by atoms with Gasteiger partial charge in [0, 0.05) is 0 Å². The molecule has 0 unspecified atom stereocenters. The summed E-state index contributed by atoms with van der Waals surface area (Å²) in [4.78, 5) is 0. The molecule has 0 aromatic carbocycles. The monoisotopic (exact) mass is 304 g/mol. The Morgan fingerprint density at radius 2 is 1.78 bits per heavy atom.